The van der Waals surface area contributed by atoms with Gasteiger partial charge >= 0.3 is 6.03 Å². The van der Waals surface area contributed by atoms with Crippen LogP contribution in [0.25, 0.3) is 11.0 Å². The van der Waals surface area contributed by atoms with E-state index in [1.807, 2.05) is 32.0 Å². The number of urea groups is 1. The molecule has 0 fully saturated rings. The molecule has 0 saturated carbocycles. The van der Waals surface area contributed by atoms with E-state index in [2.05, 4.69) is 10.6 Å². The zero-order valence-corrected chi connectivity index (χ0v) is 16.7. The fourth-order valence-corrected chi connectivity index (χ4v) is 3.19. The van der Waals surface area contributed by atoms with Crippen LogP contribution in [0.2, 0.25) is 5.02 Å². The predicted molar refractivity (Wildman–Crippen MR) is 109 cm³/mol. The van der Waals surface area contributed by atoms with Crippen LogP contribution in [0.4, 0.5) is 4.79 Å². The summed E-state index contributed by atoms with van der Waals surface area (Å²) in [4.78, 5) is 12.2. The summed E-state index contributed by atoms with van der Waals surface area (Å²) in [5.74, 6) is 1.43. The number of hydrogen-bond acceptors (Lipinski definition) is 4. The smallest absolute Gasteiger partial charge is 0.315 e. The Morgan fingerprint density at radius 3 is 2.64 bits per heavy atom. The first-order chi connectivity index (χ1) is 13.4. The molecule has 2 atom stereocenters. The molecule has 0 saturated heterocycles. The van der Waals surface area contributed by atoms with E-state index in [9.17, 15) is 9.90 Å². The van der Waals surface area contributed by atoms with Gasteiger partial charge in [-0.2, -0.15) is 0 Å². The third-order valence-electron chi connectivity index (χ3n) is 4.63. The number of nitrogens with one attached hydrogen (secondary N) is 2. The number of amides is 2. The van der Waals surface area contributed by atoms with Crippen LogP contribution < -0.4 is 15.4 Å². The van der Waals surface area contributed by atoms with E-state index in [1.54, 1.807) is 31.4 Å². The molecule has 0 aliphatic heterocycles. The number of fused-ring (bicyclic) bond motifs is 1. The molecule has 0 aliphatic carbocycles. The molecule has 1 aromatic heterocycles. The van der Waals surface area contributed by atoms with Gasteiger partial charge in [0.15, 0.2) is 0 Å². The molecule has 6 nitrogen and oxygen atoms in total. The Balaban J connectivity index is 1.61. The standard InChI is InChI=1S/C21H23ClN2O4/c1-12-17-10-16(27-3)8-9-19(17)28-20(12)13(2)24-21(26)23-11-18(25)14-4-6-15(22)7-5-14/h4-10,13,18,25H,11H2,1-3H3,(H2,23,24,26). The van der Waals surface area contributed by atoms with Gasteiger partial charge < -0.3 is 24.9 Å². The van der Waals surface area contributed by atoms with Gasteiger partial charge in [0, 0.05) is 22.5 Å². The number of methoxy groups -OCH3 is 1. The van der Waals surface area contributed by atoms with E-state index in [1.165, 1.54) is 0 Å². The molecule has 0 radical (unpaired) electrons. The summed E-state index contributed by atoms with van der Waals surface area (Å²) in [5, 5.41) is 17.2. The van der Waals surface area contributed by atoms with Gasteiger partial charge in [-0.05, 0) is 49.7 Å². The van der Waals surface area contributed by atoms with Gasteiger partial charge in [-0.15, -0.1) is 0 Å². The number of carbonyl (C=O) groups excluding carboxylic acids is 1. The van der Waals surface area contributed by atoms with Gasteiger partial charge in [-0.1, -0.05) is 23.7 Å². The van der Waals surface area contributed by atoms with Crippen molar-refractivity contribution in [3.05, 3.63) is 64.4 Å². The van der Waals surface area contributed by atoms with Crippen molar-refractivity contribution >= 4 is 28.6 Å². The van der Waals surface area contributed by atoms with Gasteiger partial charge in [0.25, 0.3) is 0 Å². The molecule has 7 heteroatoms. The Bertz CT molecular complexity index is 968. The van der Waals surface area contributed by atoms with Gasteiger partial charge in [0.2, 0.25) is 0 Å². The average molecular weight is 403 g/mol. The molecule has 3 N–H and O–H groups in total. The second kappa shape index (κ2) is 8.54. The van der Waals surface area contributed by atoms with Crippen molar-refractivity contribution in [2.45, 2.75) is 26.0 Å². The lowest BCUT2D eigenvalue weighted by Gasteiger charge is -2.16. The van der Waals surface area contributed by atoms with Crippen molar-refractivity contribution in [2.24, 2.45) is 0 Å². The summed E-state index contributed by atoms with van der Waals surface area (Å²) in [6.07, 6.45) is -0.821. The Labute approximate surface area is 168 Å². The molecule has 1 heterocycles. The Morgan fingerprint density at radius 1 is 1.25 bits per heavy atom. The summed E-state index contributed by atoms with van der Waals surface area (Å²) in [6.45, 7) is 3.87. The number of aliphatic hydroxyl groups is 1. The molecule has 2 unspecified atom stereocenters. The highest BCUT2D eigenvalue weighted by atomic mass is 35.5. The lowest BCUT2D eigenvalue weighted by atomic mass is 10.1. The maximum atomic E-state index is 12.2. The SMILES string of the molecule is COc1ccc2oc(C(C)NC(=O)NCC(O)c3ccc(Cl)cc3)c(C)c2c1. The zero-order chi connectivity index (χ0) is 20.3. The maximum Gasteiger partial charge on any atom is 0.315 e. The number of ether oxygens (including phenoxy) is 1. The molecular formula is C21H23ClN2O4. The Kier molecular flexibility index (Phi) is 6.11. The number of carbonyl (C=O) groups is 1. The third-order valence-corrected chi connectivity index (χ3v) is 4.88. The lowest BCUT2D eigenvalue weighted by Crippen LogP contribution is -2.39. The monoisotopic (exact) mass is 402 g/mol. The molecule has 28 heavy (non-hydrogen) atoms. The minimum absolute atomic E-state index is 0.0799. The van der Waals surface area contributed by atoms with Crippen LogP contribution in [0.15, 0.2) is 46.9 Å². The van der Waals surface area contributed by atoms with E-state index < -0.39 is 12.1 Å². The highest BCUT2D eigenvalue weighted by Crippen LogP contribution is 2.31. The first-order valence-corrected chi connectivity index (χ1v) is 9.31. The van der Waals surface area contributed by atoms with Crippen LogP contribution in [0.5, 0.6) is 5.75 Å². The number of halogens is 1. The minimum Gasteiger partial charge on any atom is -0.497 e. The highest BCUT2D eigenvalue weighted by Gasteiger charge is 2.19. The minimum atomic E-state index is -0.821. The molecule has 0 bridgehead atoms. The molecule has 2 amide bonds. The second-order valence-corrected chi connectivity index (χ2v) is 7.03. The molecule has 3 aromatic rings. The quantitative estimate of drug-likeness (QED) is 0.567. The van der Waals surface area contributed by atoms with Crippen molar-refractivity contribution < 1.29 is 19.1 Å². The van der Waals surface area contributed by atoms with E-state index in [0.717, 1.165) is 22.3 Å². The largest absolute Gasteiger partial charge is 0.497 e. The number of furan rings is 1. The van der Waals surface area contributed by atoms with E-state index >= 15 is 0 Å². The first-order valence-electron chi connectivity index (χ1n) is 8.94. The summed E-state index contributed by atoms with van der Waals surface area (Å²) in [7, 11) is 1.62. The zero-order valence-electron chi connectivity index (χ0n) is 16.0. The molecular weight excluding hydrogens is 380 g/mol. The van der Waals surface area contributed by atoms with E-state index in [4.69, 9.17) is 20.8 Å². The number of hydrogen-bond donors (Lipinski definition) is 3. The fourth-order valence-electron chi connectivity index (χ4n) is 3.06. The van der Waals surface area contributed by atoms with E-state index in [-0.39, 0.29) is 12.6 Å². The normalized spacial score (nSPS) is 13.2. The third kappa shape index (κ3) is 4.40. The van der Waals surface area contributed by atoms with Crippen molar-refractivity contribution in [1.82, 2.24) is 10.6 Å². The van der Waals surface area contributed by atoms with Gasteiger partial charge in [0.05, 0.1) is 19.3 Å². The Hall–Kier alpha value is -2.70. The van der Waals surface area contributed by atoms with Crippen LogP contribution in [0.1, 0.15) is 36.0 Å². The molecule has 2 aromatic carbocycles. The van der Waals surface area contributed by atoms with Crippen LogP contribution in [-0.4, -0.2) is 24.8 Å². The van der Waals surface area contributed by atoms with E-state index in [0.29, 0.717) is 16.3 Å². The topological polar surface area (TPSA) is 83.7 Å². The van der Waals surface area contributed by atoms with Crippen molar-refractivity contribution in [3.8, 4) is 5.75 Å². The first kappa shape index (κ1) is 20.0. The van der Waals surface area contributed by atoms with Crippen LogP contribution in [-0.2, 0) is 0 Å². The average Bonchev–Trinajstić information content (AvgIpc) is 3.02. The van der Waals surface area contributed by atoms with Crippen LogP contribution >= 0.6 is 11.6 Å². The summed E-state index contributed by atoms with van der Waals surface area (Å²) in [5.41, 5.74) is 2.36. The fraction of sp³-hybridized carbons (Fsp3) is 0.286. The number of aliphatic hydroxyl groups excluding tert-OH is 1. The summed E-state index contributed by atoms with van der Waals surface area (Å²) < 4.78 is 11.2. The number of benzene rings is 2. The van der Waals surface area contributed by atoms with Gasteiger partial charge in [-0.25, -0.2) is 4.79 Å². The second-order valence-electron chi connectivity index (χ2n) is 6.60. The number of aryl methyl sites for hydroxylation is 1. The lowest BCUT2D eigenvalue weighted by molar-refractivity contribution is 0.172. The molecule has 148 valence electrons. The summed E-state index contributed by atoms with van der Waals surface area (Å²) >= 11 is 5.84. The van der Waals surface area contributed by atoms with Crippen molar-refractivity contribution in [3.63, 3.8) is 0 Å². The van der Waals surface area contributed by atoms with Crippen molar-refractivity contribution in [2.75, 3.05) is 13.7 Å². The number of rotatable bonds is 6. The summed E-state index contributed by atoms with van der Waals surface area (Å²) in [6, 6.07) is 11.7. The predicted octanol–water partition coefficient (Wildman–Crippen LogP) is 4.50. The van der Waals surface area contributed by atoms with Crippen LogP contribution in [0, 0.1) is 6.92 Å². The highest BCUT2D eigenvalue weighted by molar-refractivity contribution is 6.30. The maximum absolute atomic E-state index is 12.2. The van der Waals surface area contributed by atoms with Gasteiger partial charge in [0.1, 0.15) is 17.1 Å². The molecule has 3 rings (SSSR count). The van der Waals surface area contributed by atoms with Crippen LogP contribution in [0.3, 0.4) is 0 Å². The van der Waals surface area contributed by atoms with Crippen molar-refractivity contribution in [1.29, 1.82) is 0 Å². The molecule has 0 aliphatic rings. The van der Waals surface area contributed by atoms with Gasteiger partial charge in [-0.3, -0.25) is 0 Å². The molecule has 0 spiro atoms. The Morgan fingerprint density at radius 2 is 1.96 bits per heavy atom.